The number of hydrogen-bond donors (Lipinski definition) is 7. The van der Waals surface area contributed by atoms with Crippen molar-refractivity contribution >= 4 is 22.9 Å². The predicted molar refractivity (Wildman–Crippen MR) is 88.6 cm³/mol. The van der Waals surface area contributed by atoms with Gasteiger partial charge in [-0.2, -0.15) is 0 Å². The Morgan fingerprint density at radius 1 is 1.38 bits per heavy atom. The molecule has 1 aliphatic heterocycles. The van der Waals surface area contributed by atoms with Crippen molar-refractivity contribution in [3.05, 3.63) is 12.7 Å². The second-order valence-electron chi connectivity index (χ2n) is 6.05. The van der Waals surface area contributed by atoms with Crippen LogP contribution in [0.5, 0.6) is 0 Å². The molecule has 1 saturated heterocycles. The number of H-pyrrole nitrogens is 1. The molecule has 0 saturated carbocycles. The van der Waals surface area contributed by atoms with Gasteiger partial charge in [-0.3, -0.25) is 4.79 Å². The van der Waals surface area contributed by atoms with Crippen molar-refractivity contribution in [2.75, 3.05) is 11.9 Å². The molecule has 142 valence electrons. The Balaban J connectivity index is 1.78. The van der Waals surface area contributed by atoms with Crippen molar-refractivity contribution in [2.45, 2.75) is 43.5 Å². The third-order valence-corrected chi connectivity index (χ3v) is 4.15. The third kappa shape index (κ3) is 3.45. The third-order valence-electron chi connectivity index (χ3n) is 4.15. The van der Waals surface area contributed by atoms with Crippen LogP contribution in [-0.2, 0) is 9.53 Å². The van der Waals surface area contributed by atoms with Gasteiger partial charge in [0.05, 0.1) is 25.0 Å². The molecule has 3 rings (SSSR count). The minimum atomic E-state index is -1.41. The van der Waals surface area contributed by atoms with Crippen molar-refractivity contribution in [3.8, 4) is 0 Å². The second-order valence-corrected chi connectivity index (χ2v) is 6.05. The van der Waals surface area contributed by atoms with E-state index >= 15 is 0 Å². The highest BCUT2D eigenvalue weighted by atomic mass is 16.5. The number of rotatable bonds is 5. The summed E-state index contributed by atoms with van der Waals surface area (Å²) < 4.78 is 5.62. The van der Waals surface area contributed by atoms with Crippen LogP contribution in [0.3, 0.4) is 0 Å². The van der Waals surface area contributed by atoms with Crippen molar-refractivity contribution in [1.82, 2.24) is 25.3 Å². The van der Waals surface area contributed by atoms with Crippen LogP contribution in [0.4, 0.5) is 5.82 Å². The van der Waals surface area contributed by atoms with Gasteiger partial charge in [0.25, 0.3) is 0 Å². The van der Waals surface area contributed by atoms with Gasteiger partial charge in [0, 0.05) is 0 Å². The van der Waals surface area contributed by atoms with E-state index in [1.807, 2.05) is 0 Å². The molecule has 2 aromatic heterocycles. The number of carbonyl (C=O) groups is 1. The summed E-state index contributed by atoms with van der Waals surface area (Å²) in [5.74, 6) is -0.233. The van der Waals surface area contributed by atoms with Crippen LogP contribution in [0.1, 0.15) is 6.92 Å². The quantitative estimate of drug-likeness (QED) is 0.287. The maximum atomic E-state index is 11.8. The fourth-order valence-corrected chi connectivity index (χ4v) is 2.72. The van der Waals surface area contributed by atoms with Gasteiger partial charge in [-0.25, -0.2) is 15.0 Å². The summed E-state index contributed by atoms with van der Waals surface area (Å²) in [6, 6.07) is -1.84. The van der Waals surface area contributed by atoms with Gasteiger partial charge in [0.1, 0.15) is 30.2 Å². The van der Waals surface area contributed by atoms with Crippen LogP contribution >= 0.6 is 0 Å². The number of hydrogen-bond acceptors (Lipinski definition) is 10. The molecule has 26 heavy (non-hydrogen) atoms. The number of nitrogens with zero attached hydrogens (tertiary/aromatic N) is 3. The molecule has 1 fully saturated rings. The largest absolute Gasteiger partial charge is 0.394 e. The zero-order chi connectivity index (χ0) is 18.8. The van der Waals surface area contributed by atoms with E-state index < -0.39 is 49.1 Å². The molecule has 3 heterocycles. The zero-order valence-electron chi connectivity index (χ0n) is 13.9. The Kier molecular flexibility index (Phi) is 5.29. The smallest absolute Gasteiger partial charge is 0.237 e. The number of aromatic amines is 1. The summed E-state index contributed by atoms with van der Waals surface area (Å²) in [4.78, 5) is 26.7. The van der Waals surface area contributed by atoms with Crippen LogP contribution in [-0.4, -0.2) is 84.4 Å². The summed E-state index contributed by atoms with van der Waals surface area (Å²) in [6.07, 6.45) is -2.15. The van der Waals surface area contributed by atoms with Gasteiger partial charge in [-0.05, 0) is 6.92 Å². The van der Waals surface area contributed by atoms with Crippen molar-refractivity contribution in [3.63, 3.8) is 0 Å². The Hall–Kier alpha value is -2.38. The number of imidazole rings is 1. The van der Waals surface area contributed by atoms with Crippen molar-refractivity contribution in [1.29, 1.82) is 0 Å². The molecule has 1 aliphatic rings. The standard InChI is InChI=1S/C14H21N7O5/c1-5(15)13(25)20-7-6(2-22)26-14(10(24)9(7)23)21-12-8-11(17-3-16-8)18-4-19-12/h3-7,9-10,14,22-24H,2,15H2,1H3,(H,20,25)(H2,16,17,18,19,21)/t5-,6+,7+,9-,10+,14+/m1/s1. The minimum Gasteiger partial charge on any atom is -0.394 e. The van der Waals surface area contributed by atoms with E-state index in [-0.39, 0.29) is 0 Å². The Bertz CT molecular complexity index is 767. The molecule has 0 unspecified atom stereocenters. The van der Waals surface area contributed by atoms with E-state index in [0.29, 0.717) is 17.0 Å². The SMILES string of the molecule is C[C@@H](N)C(=O)N[C@@H]1[C@@H](O)[C@H](O)[C@@H](Nc2ncnc3nc[nH]c23)O[C@H]1CO. The van der Waals surface area contributed by atoms with Crippen molar-refractivity contribution in [2.24, 2.45) is 5.73 Å². The summed E-state index contributed by atoms with van der Waals surface area (Å²) >= 11 is 0. The molecule has 0 spiro atoms. The summed E-state index contributed by atoms with van der Waals surface area (Å²) in [7, 11) is 0. The number of aliphatic hydroxyl groups excluding tert-OH is 3. The molecule has 0 bridgehead atoms. The molecule has 0 aromatic carbocycles. The van der Waals surface area contributed by atoms with Gasteiger partial charge in [-0.15, -0.1) is 0 Å². The predicted octanol–water partition coefficient (Wildman–Crippen LogP) is -2.96. The first-order valence-corrected chi connectivity index (χ1v) is 8.01. The first kappa shape index (κ1) is 18.4. The molecule has 12 heteroatoms. The van der Waals surface area contributed by atoms with E-state index in [2.05, 4.69) is 30.6 Å². The monoisotopic (exact) mass is 367 g/mol. The van der Waals surface area contributed by atoms with E-state index in [1.165, 1.54) is 19.6 Å². The van der Waals surface area contributed by atoms with Gasteiger partial charge >= 0.3 is 0 Å². The number of anilines is 1. The summed E-state index contributed by atoms with van der Waals surface area (Å²) in [5, 5.41) is 35.7. The van der Waals surface area contributed by atoms with Crippen LogP contribution in [0.25, 0.3) is 11.2 Å². The highest BCUT2D eigenvalue weighted by molar-refractivity contribution is 5.82. The van der Waals surface area contributed by atoms with Crippen LogP contribution in [0, 0.1) is 0 Å². The van der Waals surface area contributed by atoms with E-state index in [4.69, 9.17) is 10.5 Å². The maximum Gasteiger partial charge on any atom is 0.237 e. The molecular formula is C14H21N7O5. The normalized spacial score (nSPS) is 30.1. The lowest BCUT2D eigenvalue weighted by Gasteiger charge is -2.43. The first-order valence-electron chi connectivity index (χ1n) is 8.01. The Labute approximate surface area is 147 Å². The topological polar surface area (TPSA) is 192 Å². The molecule has 6 atom stereocenters. The number of aliphatic hydroxyl groups is 3. The number of nitrogens with two attached hydrogens (primary N) is 1. The van der Waals surface area contributed by atoms with Gasteiger partial charge in [-0.1, -0.05) is 0 Å². The van der Waals surface area contributed by atoms with Gasteiger partial charge in [0.15, 0.2) is 17.7 Å². The number of aromatic nitrogens is 4. The lowest BCUT2D eigenvalue weighted by molar-refractivity contribution is -0.185. The zero-order valence-corrected chi connectivity index (χ0v) is 13.9. The molecule has 0 aliphatic carbocycles. The fourth-order valence-electron chi connectivity index (χ4n) is 2.72. The van der Waals surface area contributed by atoms with Crippen LogP contribution < -0.4 is 16.4 Å². The second kappa shape index (κ2) is 7.47. The number of ether oxygens (including phenoxy) is 1. The van der Waals surface area contributed by atoms with E-state index in [0.717, 1.165) is 0 Å². The lowest BCUT2D eigenvalue weighted by Crippen LogP contribution is -2.66. The first-order chi connectivity index (χ1) is 12.4. The Morgan fingerprint density at radius 2 is 2.15 bits per heavy atom. The maximum absolute atomic E-state index is 11.8. The van der Waals surface area contributed by atoms with Crippen LogP contribution in [0.2, 0.25) is 0 Å². The highest BCUT2D eigenvalue weighted by Gasteiger charge is 2.45. The molecule has 0 radical (unpaired) electrons. The summed E-state index contributed by atoms with van der Waals surface area (Å²) in [6.45, 7) is 0.986. The minimum absolute atomic E-state index is 0.304. The van der Waals surface area contributed by atoms with Gasteiger partial charge in [0.2, 0.25) is 5.91 Å². The van der Waals surface area contributed by atoms with E-state index in [9.17, 15) is 20.1 Å². The molecule has 8 N–H and O–H groups in total. The molecule has 2 aromatic rings. The molecule has 1 amide bonds. The van der Waals surface area contributed by atoms with Crippen molar-refractivity contribution < 1.29 is 24.9 Å². The molecule has 12 nitrogen and oxygen atoms in total. The average Bonchev–Trinajstić information content (AvgIpc) is 3.10. The Morgan fingerprint density at radius 3 is 2.85 bits per heavy atom. The number of fused-ring (bicyclic) bond motifs is 1. The highest BCUT2D eigenvalue weighted by Crippen LogP contribution is 2.24. The fraction of sp³-hybridized carbons (Fsp3) is 0.571. The van der Waals surface area contributed by atoms with Gasteiger partial charge < -0.3 is 41.4 Å². The number of carbonyl (C=O) groups excluding carboxylic acids is 1. The average molecular weight is 367 g/mol. The molecular weight excluding hydrogens is 346 g/mol. The summed E-state index contributed by atoms with van der Waals surface area (Å²) in [5.41, 5.74) is 6.40. The van der Waals surface area contributed by atoms with Crippen LogP contribution in [0.15, 0.2) is 12.7 Å². The van der Waals surface area contributed by atoms with E-state index in [1.54, 1.807) is 0 Å². The number of amides is 1. The lowest BCUT2D eigenvalue weighted by atomic mass is 9.95. The number of nitrogens with one attached hydrogen (secondary N) is 3.